The summed E-state index contributed by atoms with van der Waals surface area (Å²) in [5.74, 6) is -0.865. The molecule has 2 N–H and O–H groups in total. The van der Waals surface area contributed by atoms with E-state index in [0.29, 0.717) is 10.2 Å². The van der Waals surface area contributed by atoms with E-state index in [1.54, 1.807) is 6.08 Å². The molecule has 28 heavy (non-hydrogen) atoms. The third kappa shape index (κ3) is 3.57. The van der Waals surface area contributed by atoms with Crippen LogP contribution in [0.1, 0.15) is 16.7 Å². The molecule has 1 amide bonds. The molecule has 5 nitrogen and oxygen atoms in total. The maximum Gasteiger partial charge on any atom is 0.273 e. The number of amides is 1. The van der Waals surface area contributed by atoms with Crippen LogP contribution in [-0.2, 0) is 4.79 Å². The van der Waals surface area contributed by atoms with Crippen molar-refractivity contribution in [2.24, 2.45) is 5.73 Å². The molecule has 0 aliphatic rings. The van der Waals surface area contributed by atoms with E-state index in [2.05, 4.69) is 15.9 Å². The molecule has 7 heteroatoms. The van der Waals surface area contributed by atoms with E-state index in [-0.39, 0.29) is 15.8 Å². The molecular weight excluding hydrogens is 438 g/mol. The third-order valence-corrected chi connectivity index (χ3v) is 6.07. The number of nitriles is 1. The molecule has 0 atom stereocenters. The van der Waals surface area contributed by atoms with Crippen LogP contribution in [0, 0.1) is 25.2 Å². The van der Waals surface area contributed by atoms with E-state index >= 15 is 0 Å². The SMILES string of the molecule is Cc1cccc(C)c1-n1c(=O)/c(=C\c2ccccc2Br)s/c1=C(/C#N)C(N)=O. The fourth-order valence-corrected chi connectivity index (χ4v) is 4.44. The van der Waals surface area contributed by atoms with Gasteiger partial charge in [-0.2, -0.15) is 5.26 Å². The zero-order chi connectivity index (χ0) is 20.4. The summed E-state index contributed by atoms with van der Waals surface area (Å²) in [6.45, 7) is 3.76. The molecule has 0 aliphatic carbocycles. The van der Waals surface area contributed by atoms with Crippen molar-refractivity contribution in [3.8, 4) is 11.8 Å². The number of halogens is 1. The Morgan fingerprint density at radius 1 is 1.18 bits per heavy atom. The molecule has 0 fully saturated rings. The molecule has 3 rings (SSSR count). The Balaban J connectivity index is 2.52. The molecule has 0 aliphatic heterocycles. The van der Waals surface area contributed by atoms with Gasteiger partial charge in [-0.05, 0) is 42.7 Å². The molecule has 0 radical (unpaired) electrons. The first kappa shape index (κ1) is 19.8. The fourth-order valence-electron chi connectivity index (χ4n) is 2.95. The fraction of sp³-hybridized carbons (Fsp3) is 0.0952. The first-order valence-electron chi connectivity index (χ1n) is 8.34. The predicted octanol–water partition coefficient (Wildman–Crippen LogP) is 2.27. The van der Waals surface area contributed by atoms with Crippen molar-refractivity contribution in [3.63, 3.8) is 0 Å². The number of aryl methyl sites for hydroxylation is 2. The van der Waals surface area contributed by atoms with Crippen molar-refractivity contribution in [1.82, 2.24) is 4.57 Å². The van der Waals surface area contributed by atoms with Crippen LogP contribution in [0.3, 0.4) is 0 Å². The Bertz CT molecular complexity index is 1290. The summed E-state index contributed by atoms with van der Waals surface area (Å²) in [5.41, 5.74) is 8.05. The first-order chi connectivity index (χ1) is 13.3. The van der Waals surface area contributed by atoms with Gasteiger partial charge in [-0.3, -0.25) is 14.2 Å². The van der Waals surface area contributed by atoms with Crippen LogP contribution < -0.4 is 20.5 Å². The highest BCUT2D eigenvalue weighted by Gasteiger charge is 2.17. The smallest absolute Gasteiger partial charge is 0.273 e. The van der Waals surface area contributed by atoms with Crippen molar-refractivity contribution >= 4 is 44.8 Å². The summed E-state index contributed by atoms with van der Waals surface area (Å²) in [5, 5.41) is 9.48. The van der Waals surface area contributed by atoms with Crippen LogP contribution in [0.25, 0.3) is 17.3 Å². The first-order valence-corrected chi connectivity index (χ1v) is 9.95. The summed E-state index contributed by atoms with van der Waals surface area (Å²) >= 11 is 4.55. The van der Waals surface area contributed by atoms with Gasteiger partial charge in [0, 0.05) is 4.47 Å². The van der Waals surface area contributed by atoms with Crippen LogP contribution in [-0.4, -0.2) is 10.5 Å². The second kappa shape index (κ2) is 7.97. The van der Waals surface area contributed by atoms with Gasteiger partial charge in [0.2, 0.25) is 0 Å². The van der Waals surface area contributed by atoms with Gasteiger partial charge in [0.25, 0.3) is 11.5 Å². The number of nitrogens with zero attached hydrogens (tertiary/aromatic N) is 2. The highest BCUT2D eigenvalue weighted by atomic mass is 79.9. The van der Waals surface area contributed by atoms with E-state index in [0.717, 1.165) is 32.5 Å². The number of carbonyl (C=O) groups is 1. The molecule has 2 aromatic carbocycles. The maximum absolute atomic E-state index is 13.3. The third-order valence-electron chi connectivity index (χ3n) is 4.25. The molecular formula is C21H16BrN3O2S. The standard InChI is InChI=1S/C21H16BrN3O2S/c1-12-6-5-7-13(2)18(12)25-20(27)17(10-14-8-3-4-9-16(14)22)28-21(25)15(11-23)19(24)26/h3-10H,1-2H3,(H2,24,26)/b17-10+,21-15-. The molecule has 0 spiro atoms. The normalized spacial score (nSPS) is 12.6. The lowest BCUT2D eigenvalue weighted by Crippen LogP contribution is -2.33. The van der Waals surface area contributed by atoms with Gasteiger partial charge < -0.3 is 5.73 Å². The highest BCUT2D eigenvalue weighted by molar-refractivity contribution is 9.10. The maximum atomic E-state index is 13.3. The number of aromatic nitrogens is 1. The Labute approximate surface area is 173 Å². The van der Waals surface area contributed by atoms with Gasteiger partial charge >= 0.3 is 0 Å². The highest BCUT2D eigenvalue weighted by Crippen LogP contribution is 2.17. The van der Waals surface area contributed by atoms with Crippen molar-refractivity contribution in [3.05, 3.63) is 83.2 Å². The quantitative estimate of drug-likeness (QED) is 0.659. The second-order valence-electron chi connectivity index (χ2n) is 6.17. The van der Waals surface area contributed by atoms with Crippen LogP contribution in [0.5, 0.6) is 0 Å². The van der Waals surface area contributed by atoms with Gasteiger partial charge in [0.1, 0.15) is 10.7 Å². The van der Waals surface area contributed by atoms with E-state index in [1.807, 2.05) is 62.4 Å². The summed E-state index contributed by atoms with van der Waals surface area (Å²) in [6.07, 6.45) is 1.74. The number of nitrogens with two attached hydrogens (primary N) is 1. The second-order valence-corrected chi connectivity index (χ2v) is 8.05. The zero-order valence-corrected chi connectivity index (χ0v) is 17.6. The van der Waals surface area contributed by atoms with Gasteiger partial charge in [-0.1, -0.05) is 52.3 Å². The lowest BCUT2D eigenvalue weighted by Gasteiger charge is -2.10. The lowest BCUT2D eigenvalue weighted by molar-refractivity contribution is -0.112. The van der Waals surface area contributed by atoms with Crippen molar-refractivity contribution in [2.75, 3.05) is 0 Å². The average Bonchev–Trinajstić information content (AvgIpc) is 2.94. The zero-order valence-electron chi connectivity index (χ0n) is 15.2. The number of benzene rings is 2. The van der Waals surface area contributed by atoms with Gasteiger partial charge in [0.05, 0.1) is 10.2 Å². The number of rotatable bonds is 3. The number of hydrogen-bond acceptors (Lipinski definition) is 4. The Morgan fingerprint density at radius 2 is 1.82 bits per heavy atom. The molecule has 0 bridgehead atoms. The monoisotopic (exact) mass is 453 g/mol. The minimum Gasteiger partial charge on any atom is -0.365 e. The number of primary amides is 1. The number of para-hydroxylation sites is 1. The summed E-state index contributed by atoms with van der Waals surface area (Å²) in [6, 6.07) is 15.0. The molecule has 1 heterocycles. The summed E-state index contributed by atoms with van der Waals surface area (Å²) in [7, 11) is 0. The van der Waals surface area contributed by atoms with Crippen LogP contribution in [0.2, 0.25) is 0 Å². The van der Waals surface area contributed by atoms with E-state index < -0.39 is 5.91 Å². The molecule has 3 aromatic rings. The van der Waals surface area contributed by atoms with Gasteiger partial charge in [-0.25, -0.2) is 0 Å². The number of thiazole rings is 1. The van der Waals surface area contributed by atoms with E-state index in [9.17, 15) is 14.9 Å². The van der Waals surface area contributed by atoms with Crippen LogP contribution in [0.15, 0.2) is 51.7 Å². The van der Waals surface area contributed by atoms with Crippen molar-refractivity contribution in [2.45, 2.75) is 13.8 Å². The molecule has 0 saturated carbocycles. The van der Waals surface area contributed by atoms with E-state index in [4.69, 9.17) is 5.73 Å². The van der Waals surface area contributed by atoms with Gasteiger partial charge in [0.15, 0.2) is 5.57 Å². The van der Waals surface area contributed by atoms with E-state index in [1.165, 1.54) is 4.57 Å². The summed E-state index contributed by atoms with van der Waals surface area (Å²) in [4.78, 5) is 25.2. The minimum atomic E-state index is -0.865. The Hall–Kier alpha value is -2.95. The van der Waals surface area contributed by atoms with Gasteiger partial charge in [-0.15, -0.1) is 11.3 Å². The van der Waals surface area contributed by atoms with Crippen LogP contribution in [0.4, 0.5) is 0 Å². The predicted molar refractivity (Wildman–Crippen MR) is 115 cm³/mol. The van der Waals surface area contributed by atoms with Crippen molar-refractivity contribution < 1.29 is 4.79 Å². The Morgan fingerprint density at radius 3 is 2.39 bits per heavy atom. The lowest BCUT2D eigenvalue weighted by atomic mass is 10.1. The number of carbonyl (C=O) groups excluding carboxylic acids is 1. The molecule has 0 unspecified atom stereocenters. The minimum absolute atomic E-state index is 0.232. The average molecular weight is 454 g/mol. The molecule has 1 aromatic heterocycles. The molecule has 140 valence electrons. The largest absolute Gasteiger partial charge is 0.365 e. The summed E-state index contributed by atoms with van der Waals surface area (Å²) < 4.78 is 2.89. The van der Waals surface area contributed by atoms with Crippen LogP contribution >= 0.6 is 27.3 Å². The number of hydrogen-bond donors (Lipinski definition) is 1. The topological polar surface area (TPSA) is 88.9 Å². The van der Waals surface area contributed by atoms with Crippen molar-refractivity contribution in [1.29, 1.82) is 5.26 Å². The molecule has 0 saturated heterocycles. The Kier molecular flexibility index (Phi) is 5.63.